The van der Waals surface area contributed by atoms with Gasteiger partial charge in [0.1, 0.15) is 5.82 Å². The summed E-state index contributed by atoms with van der Waals surface area (Å²) >= 11 is 5.96. The van der Waals surface area contributed by atoms with Crippen molar-refractivity contribution in [2.75, 3.05) is 11.9 Å². The molecule has 1 aliphatic rings. The number of hydrogen-bond donors (Lipinski definition) is 0. The molecule has 0 amide bonds. The molecular formula is C14H21ClN2. The molecule has 94 valence electrons. The van der Waals surface area contributed by atoms with Gasteiger partial charge in [-0.15, -0.1) is 11.6 Å². The summed E-state index contributed by atoms with van der Waals surface area (Å²) in [6.45, 7) is 4.35. The van der Waals surface area contributed by atoms with Crippen molar-refractivity contribution >= 4 is 17.4 Å². The van der Waals surface area contributed by atoms with Crippen molar-refractivity contribution in [1.82, 2.24) is 4.98 Å². The Bertz CT molecular complexity index is 386. The first kappa shape index (κ1) is 12.7. The maximum absolute atomic E-state index is 5.96. The lowest BCUT2D eigenvalue weighted by Crippen LogP contribution is -2.37. The van der Waals surface area contributed by atoms with Crippen LogP contribution >= 0.6 is 11.6 Å². The van der Waals surface area contributed by atoms with Crippen LogP contribution in [-0.4, -0.2) is 18.1 Å². The second-order valence-corrected chi connectivity index (χ2v) is 5.51. The third-order valence-electron chi connectivity index (χ3n) is 3.62. The van der Waals surface area contributed by atoms with Gasteiger partial charge in [-0.3, -0.25) is 0 Å². The molecule has 0 bridgehead atoms. The monoisotopic (exact) mass is 252 g/mol. The highest BCUT2D eigenvalue weighted by molar-refractivity contribution is 6.17. The van der Waals surface area contributed by atoms with Crippen molar-refractivity contribution in [2.24, 2.45) is 0 Å². The summed E-state index contributed by atoms with van der Waals surface area (Å²) in [6, 6.07) is 4.92. The minimum Gasteiger partial charge on any atom is -0.357 e. The fraction of sp³-hybridized carbons (Fsp3) is 0.643. The van der Waals surface area contributed by atoms with Crippen molar-refractivity contribution in [1.29, 1.82) is 0 Å². The maximum atomic E-state index is 5.96. The Morgan fingerprint density at radius 3 is 2.59 bits per heavy atom. The van der Waals surface area contributed by atoms with Crippen LogP contribution in [0.25, 0.3) is 0 Å². The summed E-state index contributed by atoms with van der Waals surface area (Å²) in [6.07, 6.45) is 3.93. The molecule has 0 spiro atoms. The zero-order valence-electron chi connectivity index (χ0n) is 10.9. The highest BCUT2D eigenvalue weighted by Gasteiger charge is 2.23. The molecule has 0 N–H and O–H groups in total. The third kappa shape index (κ3) is 2.74. The Labute approximate surface area is 109 Å². The van der Waals surface area contributed by atoms with E-state index in [0.29, 0.717) is 17.8 Å². The number of rotatable bonds is 4. The van der Waals surface area contributed by atoms with Crippen LogP contribution in [0.3, 0.4) is 0 Å². The molecule has 0 aromatic carbocycles. The van der Waals surface area contributed by atoms with E-state index in [-0.39, 0.29) is 0 Å². The number of aromatic nitrogens is 1. The molecule has 2 nitrogen and oxygen atoms in total. The van der Waals surface area contributed by atoms with Crippen LogP contribution in [0.5, 0.6) is 0 Å². The van der Waals surface area contributed by atoms with Gasteiger partial charge < -0.3 is 4.90 Å². The summed E-state index contributed by atoms with van der Waals surface area (Å²) in [5.41, 5.74) is 2.32. The predicted molar refractivity (Wildman–Crippen MR) is 73.9 cm³/mol. The molecule has 0 atom stereocenters. The SMILES string of the molecule is CC(C)c1cc(CCl)cc(N(C)C2CCC2)n1. The van der Waals surface area contributed by atoms with E-state index in [9.17, 15) is 0 Å². The van der Waals surface area contributed by atoms with Gasteiger partial charge in [0.05, 0.1) is 0 Å². The van der Waals surface area contributed by atoms with Gasteiger partial charge >= 0.3 is 0 Å². The summed E-state index contributed by atoms with van der Waals surface area (Å²) in [7, 11) is 2.15. The molecule has 1 aromatic heterocycles. The van der Waals surface area contributed by atoms with E-state index in [4.69, 9.17) is 16.6 Å². The van der Waals surface area contributed by atoms with Gasteiger partial charge in [-0.2, -0.15) is 0 Å². The molecule has 0 radical (unpaired) electrons. The molecule has 1 saturated carbocycles. The minimum absolute atomic E-state index is 0.451. The molecule has 3 heteroatoms. The first-order valence-corrected chi connectivity index (χ1v) is 6.95. The van der Waals surface area contributed by atoms with Gasteiger partial charge in [-0.1, -0.05) is 13.8 Å². The Kier molecular flexibility index (Phi) is 3.93. The zero-order valence-corrected chi connectivity index (χ0v) is 11.7. The number of alkyl halides is 1. The number of hydrogen-bond acceptors (Lipinski definition) is 2. The first-order valence-electron chi connectivity index (χ1n) is 6.41. The van der Waals surface area contributed by atoms with Crippen molar-refractivity contribution in [2.45, 2.75) is 50.9 Å². The molecule has 1 fully saturated rings. The van der Waals surface area contributed by atoms with Gasteiger partial charge in [0.15, 0.2) is 0 Å². The van der Waals surface area contributed by atoms with Gasteiger partial charge in [0, 0.05) is 24.7 Å². The molecule has 1 heterocycles. The lowest BCUT2D eigenvalue weighted by atomic mass is 9.92. The Balaban J connectivity index is 2.28. The lowest BCUT2D eigenvalue weighted by Gasteiger charge is -2.36. The van der Waals surface area contributed by atoms with Crippen molar-refractivity contribution in [3.8, 4) is 0 Å². The topological polar surface area (TPSA) is 16.1 Å². The van der Waals surface area contributed by atoms with Gasteiger partial charge in [0.25, 0.3) is 0 Å². The number of pyridine rings is 1. The molecule has 2 rings (SSSR count). The van der Waals surface area contributed by atoms with E-state index < -0.39 is 0 Å². The van der Waals surface area contributed by atoms with Crippen molar-refractivity contribution in [3.63, 3.8) is 0 Å². The van der Waals surface area contributed by atoms with E-state index in [1.807, 2.05) is 0 Å². The van der Waals surface area contributed by atoms with Gasteiger partial charge in [-0.05, 0) is 42.9 Å². The van der Waals surface area contributed by atoms with E-state index in [1.54, 1.807) is 0 Å². The van der Waals surface area contributed by atoms with E-state index in [0.717, 1.165) is 11.5 Å². The highest BCUT2D eigenvalue weighted by Crippen LogP contribution is 2.29. The molecule has 0 saturated heterocycles. The molecule has 1 aliphatic carbocycles. The Morgan fingerprint density at radius 2 is 2.12 bits per heavy atom. The number of anilines is 1. The Morgan fingerprint density at radius 1 is 1.41 bits per heavy atom. The van der Waals surface area contributed by atoms with Gasteiger partial charge in [-0.25, -0.2) is 4.98 Å². The van der Waals surface area contributed by atoms with Crippen LogP contribution < -0.4 is 4.90 Å². The van der Waals surface area contributed by atoms with Crippen LogP contribution in [0.15, 0.2) is 12.1 Å². The summed E-state index contributed by atoms with van der Waals surface area (Å²) in [5.74, 6) is 2.09. The smallest absolute Gasteiger partial charge is 0.129 e. The van der Waals surface area contributed by atoms with Crippen molar-refractivity contribution in [3.05, 3.63) is 23.4 Å². The standard InChI is InChI=1S/C14H21ClN2/c1-10(2)13-7-11(9-15)8-14(16-13)17(3)12-5-4-6-12/h7-8,10,12H,4-6,9H2,1-3H3. The second kappa shape index (κ2) is 5.26. The normalized spacial score (nSPS) is 16.1. The lowest BCUT2D eigenvalue weighted by molar-refractivity contribution is 0.399. The van der Waals surface area contributed by atoms with E-state index in [2.05, 4.69) is 37.9 Å². The van der Waals surface area contributed by atoms with Crippen LogP contribution in [0.1, 0.15) is 50.3 Å². The average Bonchev–Trinajstić information content (AvgIpc) is 2.25. The third-order valence-corrected chi connectivity index (χ3v) is 3.93. The number of nitrogens with zero attached hydrogens (tertiary/aromatic N) is 2. The largest absolute Gasteiger partial charge is 0.357 e. The highest BCUT2D eigenvalue weighted by atomic mass is 35.5. The van der Waals surface area contributed by atoms with E-state index >= 15 is 0 Å². The predicted octanol–water partition coefficient (Wildman–Crippen LogP) is 3.93. The minimum atomic E-state index is 0.451. The van der Waals surface area contributed by atoms with Crippen LogP contribution in [-0.2, 0) is 5.88 Å². The number of halogens is 1. The zero-order chi connectivity index (χ0) is 12.4. The van der Waals surface area contributed by atoms with E-state index in [1.165, 1.54) is 24.8 Å². The van der Waals surface area contributed by atoms with Crippen LogP contribution in [0, 0.1) is 0 Å². The maximum Gasteiger partial charge on any atom is 0.129 e. The van der Waals surface area contributed by atoms with Gasteiger partial charge in [0.2, 0.25) is 0 Å². The fourth-order valence-electron chi connectivity index (χ4n) is 2.11. The Hall–Kier alpha value is -0.760. The quantitative estimate of drug-likeness (QED) is 0.755. The second-order valence-electron chi connectivity index (χ2n) is 5.24. The van der Waals surface area contributed by atoms with Crippen LogP contribution in [0.4, 0.5) is 5.82 Å². The first-order chi connectivity index (χ1) is 8.11. The summed E-state index contributed by atoms with van der Waals surface area (Å²) in [4.78, 5) is 7.06. The average molecular weight is 253 g/mol. The van der Waals surface area contributed by atoms with Crippen LogP contribution in [0.2, 0.25) is 0 Å². The molecule has 1 aromatic rings. The molecular weight excluding hydrogens is 232 g/mol. The van der Waals surface area contributed by atoms with Crippen molar-refractivity contribution < 1.29 is 0 Å². The fourth-order valence-corrected chi connectivity index (χ4v) is 2.26. The molecule has 0 unspecified atom stereocenters. The summed E-state index contributed by atoms with van der Waals surface area (Å²) in [5, 5.41) is 0. The summed E-state index contributed by atoms with van der Waals surface area (Å²) < 4.78 is 0. The molecule has 17 heavy (non-hydrogen) atoms. The molecule has 0 aliphatic heterocycles.